The van der Waals surface area contributed by atoms with Crippen LogP contribution in [0, 0.1) is 0 Å². The van der Waals surface area contributed by atoms with Gasteiger partial charge >= 0.3 is 5.97 Å². The molecule has 1 heterocycles. The molecule has 0 radical (unpaired) electrons. The van der Waals surface area contributed by atoms with Crippen LogP contribution in [-0.4, -0.2) is 46.6 Å². The van der Waals surface area contributed by atoms with Gasteiger partial charge in [-0.25, -0.2) is 4.79 Å². The number of hydrogen-bond acceptors (Lipinski definition) is 4. The van der Waals surface area contributed by atoms with Gasteiger partial charge in [0.25, 0.3) is 0 Å². The molecule has 1 unspecified atom stereocenters. The Balaban J connectivity index is 2.19. The molecule has 114 valence electrons. The number of alkyl halides is 1. The van der Waals surface area contributed by atoms with Gasteiger partial charge in [0.1, 0.15) is 11.0 Å². The van der Waals surface area contributed by atoms with Crippen LogP contribution < -0.4 is 0 Å². The summed E-state index contributed by atoms with van der Waals surface area (Å²) < 4.78 is 5.17. The van der Waals surface area contributed by atoms with E-state index >= 15 is 0 Å². The van der Waals surface area contributed by atoms with Crippen LogP contribution in [0.15, 0.2) is 24.3 Å². The van der Waals surface area contributed by atoms with Gasteiger partial charge < -0.3 is 9.64 Å². The van der Waals surface area contributed by atoms with E-state index in [0.29, 0.717) is 23.2 Å². The highest BCUT2D eigenvalue weighted by atomic mass is 35.5. The van der Waals surface area contributed by atoms with Crippen molar-refractivity contribution in [2.45, 2.75) is 18.8 Å². The lowest BCUT2D eigenvalue weighted by Crippen LogP contribution is -2.50. The van der Waals surface area contributed by atoms with E-state index in [2.05, 4.69) is 0 Å². The first-order chi connectivity index (χ1) is 10.2. The molecule has 0 spiro atoms. The molecule has 0 N–H and O–H groups in total. The lowest BCUT2D eigenvalue weighted by molar-refractivity contribution is -0.147. The Morgan fingerprint density at radius 2 is 2.38 bits per heavy atom. The number of halogens is 1. The second-order valence-corrected chi connectivity index (χ2v) is 6.48. The lowest BCUT2D eigenvalue weighted by atomic mass is 10.1. The van der Waals surface area contributed by atoms with Gasteiger partial charge in [-0.15, -0.1) is 11.6 Å². The fourth-order valence-electron chi connectivity index (χ4n) is 2.23. The highest BCUT2D eigenvalue weighted by Gasteiger charge is 2.32. The molecule has 1 aromatic carbocycles. The van der Waals surface area contributed by atoms with E-state index in [1.807, 2.05) is 36.1 Å². The van der Waals surface area contributed by atoms with Crippen molar-refractivity contribution < 1.29 is 9.53 Å². The standard InChI is InChI=1S/C15H18ClNO2S2/c1-2-19-15(18)13-10-21-7-6-17(13)14(20)12-5-3-4-11(8-12)9-16/h3-5,8,13H,2,6-7,9-10H2,1H3. The molecule has 0 aliphatic carbocycles. The summed E-state index contributed by atoms with van der Waals surface area (Å²) in [5.41, 5.74) is 1.96. The number of hydrogen-bond donors (Lipinski definition) is 0. The average Bonchev–Trinajstić information content (AvgIpc) is 2.54. The lowest BCUT2D eigenvalue weighted by Gasteiger charge is -2.35. The van der Waals surface area contributed by atoms with Crippen molar-refractivity contribution in [1.29, 1.82) is 0 Å². The SMILES string of the molecule is CCOC(=O)C1CSCCN1C(=S)c1cccc(CCl)c1. The largest absolute Gasteiger partial charge is 0.464 e. The first-order valence-corrected chi connectivity index (χ1v) is 8.97. The predicted octanol–water partition coefficient (Wildman–Crippen LogP) is 3.08. The number of carbonyl (C=O) groups is 1. The Morgan fingerprint density at radius 1 is 1.57 bits per heavy atom. The molecule has 1 aliphatic rings. The zero-order valence-corrected chi connectivity index (χ0v) is 14.3. The summed E-state index contributed by atoms with van der Waals surface area (Å²) in [6.45, 7) is 2.97. The molecule has 1 aliphatic heterocycles. The molecular formula is C15H18ClNO2S2. The van der Waals surface area contributed by atoms with E-state index < -0.39 is 0 Å². The van der Waals surface area contributed by atoms with Crippen molar-refractivity contribution in [2.24, 2.45) is 0 Å². The molecule has 1 aromatic rings. The maximum atomic E-state index is 12.1. The van der Waals surface area contributed by atoms with Crippen molar-refractivity contribution in [3.8, 4) is 0 Å². The minimum atomic E-state index is -0.296. The summed E-state index contributed by atoms with van der Waals surface area (Å²) in [7, 11) is 0. The molecule has 0 bridgehead atoms. The van der Waals surface area contributed by atoms with Crippen molar-refractivity contribution in [1.82, 2.24) is 4.90 Å². The number of rotatable bonds is 4. The third kappa shape index (κ3) is 4.11. The second-order valence-electron chi connectivity index (χ2n) is 4.68. The first kappa shape index (κ1) is 16.6. The fraction of sp³-hybridized carbons (Fsp3) is 0.467. The maximum absolute atomic E-state index is 12.1. The summed E-state index contributed by atoms with van der Waals surface area (Å²) in [6, 6.07) is 7.56. The summed E-state index contributed by atoms with van der Waals surface area (Å²) in [5.74, 6) is 1.94. The van der Waals surface area contributed by atoms with E-state index in [1.165, 1.54) is 0 Å². The zero-order valence-electron chi connectivity index (χ0n) is 11.9. The van der Waals surface area contributed by atoms with Gasteiger partial charge in [-0.2, -0.15) is 11.8 Å². The van der Waals surface area contributed by atoms with Gasteiger partial charge in [0, 0.05) is 29.5 Å². The van der Waals surface area contributed by atoms with Crippen LogP contribution in [0.1, 0.15) is 18.1 Å². The summed E-state index contributed by atoms with van der Waals surface area (Å²) >= 11 is 13.2. The van der Waals surface area contributed by atoms with Crippen LogP contribution in [0.5, 0.6) is 0 Å². The van der Waals surface area contributed by atoms with Gasteiger partial charge in [-0.05, 0) is 18.6 Å². The van der Waals surface area contributed by atoms with Crippen molar-refractivity contribution in [3.63, 3.8) is 0 Å². The highest BCUT2D eigenvalue weighted by Crippen LogP contribution is 2.21. The van der Waals surface area contributed by atoms with Gasteiger partial charge in [-0.1, -0.05) is 30.4 Å². The van der Waals surface area contributed by atoms with E-state index in [0.717, 1.165) is 23.4 Å². The molecule has 1 fully saturated rings. The van der Waals surface area contributed by atoms with Crippen molar-refractivity contribution >= 4 is 46.5 Å². The van der Waals surface area contributed by atoms with Crippen LogP contribution in [0.4, 0.5) is 0 Å². The normalized spacial score (nSPS) is 18.4. The Morgan fingerprint density at radius 3 is 3.10 bits per heavy atom. The summed E-state index contributed by atoms with van der Waals surface area (Å²) in [5, 5.41) is 0. The third-order valence-corrected chi connectivity index (χ3v) is 5.08. The summed E-state index contributed by atoms with van der Waals surface area (Å²) in [6.07, 6.45) is 0. The second kappa shape index (κ2) is 8.01. The molecule has 0 saturated carbocycles. The predicted molar refractivity (Wildman–Crippen MR) is 92.2 cm³/mol. The minimum Gasteiger partial charge on any atom is -0.464 e. The van der Waals surface area contributed by atoms with Gasteiger partial charge in [0.05, 0.1) is 6.61 Å². The molecule has 0 aromatic heterocycles. The number of thioether (sulfide) groups is 1. The zero-order chi connectivity index (χ0) is 15.2. The number of benzene rings is 1. The molecule has 1 saturated heterocycles. The summed E-state index contributed by atoms with van der Waals surface area (Å²) in [4.78, 5) is 14.8. The minimum absolute atomic E-state index is 0.194. The van der Waals surface area contributed by atoms with Crippen LogP contribution in [0.3, 0.4) is 0 Å². The molecule has 1 atom stereocenters. The van der Waals surface area contributed by atoms with Gasteiger partial charge in [-0.3, -0.25) is 0 Å². The van der Waals surface area contributed by atoms with E-state index in [9.17, 15) is 4.79 Å². The Kier molecular flexibility index (Phi) is 6.33. The smallest absolute Gasteiger partial charge is 0.329 e. The number of nitrogens with zero attached hydrogens (tertiary/aromatic N) is 1. The molecule has 6 heteroatoms. The van der Waals surface area contributed by atoms with Crippen LogP contribution in [0.2, 0.25) is 0 Å². The van der Waals surface area contributed by atoms with E-state index in [1.54, 1.807) is 11.8 Å². The van der Waals surface area contributed by atoms with Gasteiger partial charge in [0.2, 0.25) is 0 Å². The quantitative estimate of drug-likeness (QED) is 0.476. The Bertz CT molecular complexity index is 524. The Hall–Kier alpha value is -0.780. The molecular weight excluding hydrogens is 326 g/mol. The van der Waals surface area contributed by atoms with Gasteiger partial charge in [0.15, 0.2) is 0 Å². The molecule has 2 rings (SSSR count). The first-order valence-electron chi connectivity index (χ1n) is 6.87. The number of thiocarbonyl (C=S) groups is 1. The Labute approximate surface area is 140 Å². The van der Waals surface area contributed by atoms with Crippen molar-refractivity contribution in [2.75, 3.05) is 24.7 Å². The number of ether oxygens (including phenoxy) is 1. The van der Waals surface area contributed by atoms with E-state index in [-0.39, 0.29) is 12.0 Å². The van der Waals surface area contributed by atoms with Crippen LogP contribution >= 0.6 is 35.6 Å². The van der Waals surface area contributed by atoms with Crippen molar-refractivity contribution in [3.05, 3.63) is 35.4 Å². The molecule has 3 nitrogen and oxygen atoms in total. The van der Waals surface area contributed by atoms with E-state index in [4.69, 9.17) is 28.6 Å². The number of carbonyl (C=O) groups excluding carboxylic acids is 1. The maximum Gasteiger partial charge on any atom is 0.329 e. The highest BCUT2D eigenvalue weighted by molar-refractivity contribution is 7.99. The molecule has 21 heavy (non-hydrogen) atoms. The molecule has 0 amide bonds. The monoisotopic (exact) mass is 343 g/mol. The third-order valence-electron chi connectivity index (χ3n) is 3.28. The number of esters is 1. The fourth-order valence-corrected chi connectivity index (χ4v) is 3.78. The average molecular weight is 344 g/mol. The van der Waals surface area contributed by atoms with Crippen LogP contribution in [-0.2, 0) is 15.4 Å². The van der Waals surface area contributed by atoms with Crippen LogP contribution in [0.25, 0.3) is 0 Å². The topological polar surface area (TPSA) is 29.5 Å².